The molecule has 1 unspecified atom stereocenters. The molecule has 136 valence electrons. The minimum atomic E-state index is -1.49. The number of fused-ring (bicyclic) bond motifs is 1. The summed E-state index contributed by atoms with van der Waals surface area (Å²) in [5.74, 6) is -2.58. The number of anilines is 1. The third-order valence-electron chi connectivity index (χ3n) is 3.80. The zero-order chi connectivity index (χ0) is 19.0. The average molecular weight is 434 g/mol. The number of oxime groups is 1. The maximum atomic E-state index is 12.4. The fourth-order valence-electron chi connectivity index (χ4n) is 2.60. The van der Waals surface area contributed by atoms with Crippen LogP contribution in [-0.4, -0.2) is 55.8 Å². The van der Waals surface area contributed by atoms with Crippen molar-refractivity contribution in [2.24, 2.45) is 5.16 Å². The molecule has 3 rings (SSSR count). The monoisotopic (exact) mass is 433 g/mol. The van der Waals surface area contributed by atoms with Gasteiger partial charge in [0.1, 0.15) is 11.4 Å². The van der Waals surface area contributed by atoms with Gasteiger partial charge in [-0.05, 0) is 5.57 Å². The van der Waals surface area contributed by atoms with Crippen LogP contribution in [0.25, 0.3) is 0 Å². The topological polar surface area (TPSA) is 161 Å². The number of β-lactam (4-membered cyclic amide) rings is 1. The van der Waals surface area contributed by atoms with E-state index >= 15 is 0 Å². The summed E-state index contributed by atoms with van der Waals surface area (Å²) in [4.78, 5) is 41.1. The molecule has 0 aromatic carbocycles. The smallest absolute Gasteiger partial charge is 0.543 e. The Morgan fingerprint density at radius 2 is 2.26 bits per heavy atom. The van der Waals surface area contributed by atoms with Gasteiger partial charge in [-0.15, -0.1) is 11.8 Å². The first-order valence-corrected chi connectivity index (χ1v) is 9.01. The second-order valence-electron chi connectivity index (χ2n) is 5.24. The van der Waals surface area contributed by atoms with Crippen LogP contribution < -0.4 is 67.5 Å². The Bertz CT molecular complexity index is 883. The Hall–Kier alpha value is -1.22. The summed E-state index contributed by atoms with van der Waals surface area (Å²) in [5, 5.41) is 25.4. The minimum absolute atomic E-state index is 0. The van der Waals surface area contributed by atoms with Crippen LogP contribution >= 0.6 is 23.1 Å². The number of allylic oxidation sites excluding steroid dienone is 1. The van der Waals surface area contributed by atoms with Gasteiger partial charge in [0.2, 0.25) is 0 Å². The van der Waals surface area contributed by atoms with E-state index < -0.39 is 29.2 Å². The van der Waals surface area contributed by atoms with Gasteiger partial charge in [-0.2, -0.15) is 0 Å². The molecule has 0 aliphatic carbocycles. The number of amides is 2. The molecule has 2 amide bonds. The molecule has 1 aromatic rings. The van der Waals surface area contributed by atoms with E-state index in [1.54, 1.807) is 0 Å². The molecule has 0 spiro atoms. The molecule has 1 fully saturated rings. The van der Waals surface area contributed by atoms with Gasteiger partial charge < -0.3 is 26.2 Å². The van der Waals surface area contributed by atoms with Crippen LogP contribution in [0.4, 0.5) is 5.13 Å². The number of carboxylic acids is 1. The maximum Gasteiger partial charge on any atom is 1.00 e. The number of carboxylic acid groups (broad SMARTS) is 1. The van der Waals surface area contributed by atoms with Gasteiger partial charge in [-0.25, -0.2) is 4.98 Å². The van der Waals surface area contributed by atoms with Crippen LogP contribution in [0.5, 0.6) is 0 Å². The minimum Gasteiger partial charge on any atom is -0.543 e. The molecular formula is C14H12KN5O5S2. The van der Waals surface area contributed by atoms with E-state index in [2.05, 4.69) is 22.0 Å². The molecule has 2 atom stereocenters. The third kappa shape index (κ3) is 3.99. The summed E-state index contributed by atoms with van der Waals surface area (Å²) >= 11 is 2.22. The van der Waals surface area contributed by atoms with Gasteiger partial charge in [-0.1, -0.05) is 29.1 Å². The van der Waals surface area contributed by atoms with Crippen LogP contribution in [-0.2, 0) is 14.4 Å². The van der Waals surface area contributed by atoms with E-state index in [1.165, 1.54) is 24.0 Å². The second kappa shape index (κ2) is 8.85. The summed E-state index contributed by atoms with van der Waals surface area (Å²) in [6.45, 7) is 3.53. The van der Waals surface area contributed by atoms with E-state index in [4.69, 9.17) is 10.9 Å². The Morgan fingerprint density at radius 3 is 2.78 bits per heavy atom. The molecule has 1 saturated heterocycles. The van der Waals surface area contributed by atoms with E-state index in [-0.39, 0.29) is 72.8 Å². The van der Waals surface area contributed by atoms with Crippen molar-refractivity contribution in [2.45, 2.75) is 11.4 Å². The largest absolute Gasteiger partial charge is 1.00 e. The van der Waals surface area contributed by atoms with Gasteiger partial charge in [0, 0.05) is 11.9 Å². The number of nitrogens with two attached hydrogens (primary N) is 1. The van der Waals surface area contributed by atoms with Crippen molar-refractivity contribution in [1.29, 1.82) is 0 Å². The molecule has 0 radical (unpaired) electrons. The number of aliphatic carboxylic acids is 1. The normalized spacial score (nSPS) is 21.7. The van der Waals surface area contributed by atoms with E-state index in [9.17, 15) is 19.5 Å². The van der Waals surface area contributed by atoms with E-state index in [0.717, 1.165) is 16.2 Å². The van der Waals surface area contributed by atoms with Crippen LogP contribution in [0.3, 0.4) is 0 Å². The Labute approximate surface area is 204 Å². The van der Waals surface area contributed by atoms with Gasteiger partial charge >= 0.3 is 51.4 Å². The first kappa shape index (κ1) is 22.1. The van der Waals surface area contributed by atoms with Crippen molar-refractivity contribution in [3.63, 3.8) is 0 Å². The number of nitrogen functional groups attached to an aromatic ring is 1. The Morgan fingerprint density at radius 1 is 1.56 bits per heavy atom. The first-order valence-electron chi connectivity index (χ1n) is 7.15. The molecule has 13 heteroatoms. The number of nitrogens with zero attached hydrogens (tertiary/aromatic N) is 3. The van der Waals surface area contributed by atoms with E-state index in [0.29, 0.717) is 11.3 Å². The summed E-state index contributed by atoms with van der Waals surface area (Å²) in [6.07, 6.45) is 2.63. The van der Waals surface area contributed by atoms with Crippen LogP contribution in [0.15, 0.2) is 35.3 Å². The van der Waals surface area contributed by atoms with Crippen molar-refractivity contribution in [1.82, 2.24) is 15.2 Å². The van der Waals surface area contributed by atoms with Crippen molar-refractivity contribution in [3.8, 4) is 0 Å². The summed E-state index contributed by atoms with van der Waals surface area (Å²) < 4.78 is 0. The molecule has 0 saturated carbocycles. The summed E-state index contributed by atoms with van der Waals surface area (Å²) in [6, 6.07) is -0.963. The molecular weight excluding hydrogens is 421 g/mol. The molecule has 2 aliphatic rings. The molecule has 4 N–H and O–H groups in total. The molecule has 2 aliphatic heterocycles. The number of carbonyl (C=O) groups excluding carboxylic acids is 3. The second-order valence-corrected chi connectivity index (χ2v) is 7.40. The first-order chi connectivity index (χ1) is 12.4. The number of hydrogen-bond acceptors (Lipinski definition) is 10. The Balaban J connectivity index is 0.00000261. The molecule has 0 bridgehead atoms. The number of hydrogen-bond donors (Lipinski definition) is 3. The molecule has 10 nitrogen and oxygen atoms in total. The van der Waals surface area contributed by atoms with Crippen LogP contribution in [0.2, 0.25) is 0 Å². The number of thiazole rings is 1. The number of aromatic nitrogens is 1. The van der Waals surface area contributed by atoms with Crippen molar-refractivity contribution in [3.05, 3.63) is 35.0 Å². The predicted octanol–water partition coefficient (Wildman–Crippen LogP) is -4.50. The van der Waals surface area contributed by atoms with Gasteiger partial charge in [-0.3, -0.25) is 14.5 Å². The molecule has 27 heavy (non-hydrogen) atoms. The average Bonchev–Trinajstić information content (AvgIpc) is 3.04. The quantitative estimate of drug-likeness (QED) is 0.138. The zero-order valence-electron chi connectivity index (χ0n) is 14.0. The zero-order valence-corrected chi connectivity index (χ0v) is 18.8. The number of rotatable bonds is 5. The van der Waals surface area contributed by atoms with E-state index in [1.807, 2.05) is 0 Å². The van der Waals surface area contributed by atoms with Crippen molar-refractivity contribution in [2.75, 3.05) is 11.5 Å². The number of carbonyl (C=O) groups is 3. The Kier molecular flexibility index (Phi) is 7.24. The third-order valence-corrected chi connectivity index (χ3v) is 5.93. The fourth-order valence-corrected chi connectivity index (χ4v) is 4.61. The SMILES string of the molecule is C=CC1=C(C(=O)[O-])N2C(=O)[C@@H](NC(=O)/C(=N\O)c3cnc(N)s3)C2SC1.[K+]. The maximum absolute atomic E-state index is 12.4. The fraction of sp³-hybridized carbons (Fsp3) is 0.214. The standard InChI is InChI=1S/C14H13N5O5S2.K/c1-2-5-4-25-12-8(11(21)19(12)9(5)13(22)23)17-10(20)7(18-24)6-3-16-14(15)26-6;/h2-3,8,12,24H,1,4H2,(H2,15,16)(H,17,20)(H,22,23);/q;+1/p-1/b18-7-;/t8-,12?;/m1./s1. The summed E-state index contributed by atoms with van der Waals surface area (Å²) in [5.41, 5.74) is 5.28. The molecule has 1 aromatic heterocycles. The van der Waals surface area contributed by atoms with Gasteiger partial charge in [0.05, 0.1) is 16.5 Å². The van der Waals surface area contributed by atoms with Crippen LogP contribution in [0.1, 0.15) is 4.88 Å². The molecule has 3 heterocycles. The van der Waals surface area contributed by atoms with Gasteiger partial charge in [0.15, 0.2) is 10.8 Å². The number of nitrogens with one attached hydrogen (secondary N) is 1. The van der Waals surface area contributed by atoms with Crippen LogP contribution in [0, 0.1) is 0 Å². The van der Waals surface area contributed by atoms with Crippen molar-refractivity contribution >= 4 is 51.7 Å². The van der Waals surface area contributed by atoms with Gasteiger partial charge in [0.25, 0.3) is 11.8 Å². The predicted molar refractivity (Wildman–Crippen MR) is 92.1 cm³/mol. The summed E-state index contributed by atoms with van der Waals surface area (Å²) in [7, 11) is 0. The number of thioether (sulfide) groups is 1. The van der Waals surface area contributed by atoms with Crippen molar-refractivity contribution < 1.29 is 76.1 Å².